The van der Waals surface area contributed by atoms with Crippen LogP contribution in [0.3, 0.4) is 0 Å². The number of anilines is 1. The number of aliphatic hydroxyl groups excluding tert-OH is 1. The van der Waals surface area contributed by atoms with Gasteiger partial charge in [0.15, 0.2) is 5.13 Å². The molecule has 7 nitrogen and oxygen atoms in total. The molecule has 2 heterocycles. The quantitative estimate of drug-likeness (QED) is 0.648. The summed E-state index contributed by atoms with van der Waals surface area (Å²) < 4.78 is 0. The number of aromatic nitrogens is 1. The first-order valence-corrected chi connectivity index (χ1v) is 14.1. The third kappa shape index (κ3) is 5.44. The topological polar surface area (TPSA) is 85.8 Å². The van der Waals surface area contributed by atoms with E-state index in [4.69, 9.17) is 4.98 Å². The summed E-state index contributed by atoms with van der Waals surface area (Å²) >= 11 is 1.59. The standard InChI is InChI=1S/C27H44N4O3S/c1-16(24(34)31-12-10-30(7)11-13-31)18-8-9-27(6)14-19-22(17(2)21(27)23(18)33)29-25(35-19)28-20(32)15-26(3,4)5/h16-18,21,23,33H,8-15H2,1-7H3,(H,28,29,32)/t16-,17+,18+,21+,23-,27+/m0/s1. The first-order valence-electron chi connectivity index (χ1n) is 13.2. The van der Waals surface area contributed by atoms with Crippen LogP contribution in [0, 0.1) is 28.6 Å². The van der Waals surface area contributed by atoms with Crippen LogP contribution >= 0.6 is 11.3 Å². The third-order valence-corrected chi connectivity index (χ3v) is 9.69. The number of amides is 2. The number of carbonyl (C=O) groups excluding carboxylic acids is 2. The molecule has 6 atom stereocenters. The van der Waals surface area contributed by atoms with Gasteiger partial charge in [-0.15, -0.1) is 11.3 Å². The van der Waals surface area contributed by atoms with Gasteiger partial charge < -0.3 is 20.2 Å². The number of likely N-dealkylation sites (N-methyl/N-ethyl adjacent to an activating group) is 1. The first kappa shape index (κ1) is 26.6. The van der Waals surface area contributed by atoms with Gasteiger partial charge in [0.25, 0.3) is 0 Å². The van der Waals surface area contributed by atoms with Crippen LogP contribution in [0.4, 0.5) is 5.13 Å². The van der Waals surface area contributed by atoms with Gasteiger partial charge >= 0.3 is 0 Å². The monoisotopic (exact) mass is 504 g/mol. The maximum Gasteiger partial charge on any atom is 0.226 e. The molecule has 0 bridgehead atoms. The Balaban J connectivity index is 1.49. The molecule has 0 unspecified atom stereocenters. The zero-order valence-electron chi connectivity index (χ0n) is 22.6. The average molecular weight is 505 g/mol. The van der Waals surface area contributed by atoms with E-state index in [1.54, 1.807) is 11.3 Å². The van der Waals surface area contributed by atoms with Crippen LogP contribution in [-0.2, 0) is 16.0 Å². The summed E-state index contributed by atoms with van der Waals surface area (Å²) in [7, 11) is 2.09. The lowest BCUT2D eigenvalue weighted by molar-refractivity contribution is -0.146. The van der Waals surface area contributed by atoms with Crippen molar-refractivity contribution >= 4 is 28.3 Å². The second kappa shape index (κ2) is 9.75. The van der Waals surface area contributed by atoms with Crippen LogP contribution in [0.15, 0.2) is 0 Å². The van der Waals surface area contributed by atoms with Gasteiger partial charge in [-0.3, -0.25) is 9.59 Å². The Morgan fingerprint density at radius 2 is 1.91 bits per heavy atom. The van der Waals surface area contributed by atoms with Crippen LogP contribution in [-0.4, -0.2) is 71.0 Å². The number of piperazine rings is 1. The van der Waals surface area contributed by atoms with Crippen LogP contribution < -0.4 is 5.32 Å². The van der Waals surface area contributed by atoms with Crippen LogP contribution in [0.1, 0.15) is 77.3 Å². The Kier molecular flexibility index (Phi) is 7.39. The molecule has 2 aliphatic carbocycles. The highest BCUT2D eigenvalue weighted by Crippen LogP contribution is 2.57. The molecule has 0 radical (unpaired) electrons. The number of fused-ring (bicyclic) bond motifs is 2. The molecule has 0 aromatic carbocycles. The highest BCUT2D eigenvalue weighted by molar-refractivity contribution is 7.15. The summed E-state index contributed by atoms with van der Waals surface area (Å²) in [6, 6.07) is 0. The van der Waals surface area contributed by atoms with Gasteiger partial charge in [-0.1, -0.05) is 41.5 Å². The van der Waals surface area contributed by atoms with Crippen molar-refractivity contribution in [2.75, 3.05) is 38.5 Å². The van der Waals surface area contributed by atoms with E-state index < -0.39 is 6.10 Å². The van der Waals surface area contributed by atoms with Crippen molar-refractivity contribution in [1.82, 2.24) is 14.8 Å². The van der Waals surface area contributed by atoms with Crippen molar-refractivity contribution in [2.24, 2.45) is 28.6 Å². The number of thiazole rings is 1. The van der Waals surface area contributed by atoms with E-state index in [-0.39, 0.29) is 46.3 Å². The van der Waals surface area contributed by atoms with E-state index in [2.05, 4.69) is 51.9 Å². The van der Waals surface area contributed by atoms with Crippen molar-refractivity contribution in [3.8, 4) is 0 Å². The van der Waals surface area contributed by atoms with E-state index in [1.165, 1.54) is 4.88 Å². The largest absolute Gasteiger partial charge is 0.392 e. The van der Waals surface area contributed by atoms with E-state index in [0.29, 0.717) is 11.6 Å². The fourth-order valence-electron chi connectivity index (χ4n) is 6.74. The predicted molar refractivity (Wildman–Crippen MR) is 141 cm³/mol. The molecule has 1 aromatic rings. The average Bonchev–Trinajstić information content (AvgIpc) is 3.13. The molecule has 2 fully saturated rings. The van der Waals surface area contributed by atoms with Crippen LogP contribution in [0.2, 0.25) is 0 Å². The number of hydrogen-bond donors (Lipinski definition) is 2. The maximum absolute atomic E-state index is 13.3. The van der Waals surface area contributed by atoms with Crippen molar-refractivity contribution in [2.45, 2.75) is 79.2 Å². The zero-order valence-corrected chi connectivity index (χ0v) is 23.4. The molecule has 1 saturated carbocycles. The zero-order chi connectivity index (χ0) is 25.7. The molecule has 35 heavy (non-hydrogen) atoms. The minimum Gasteiger partial charge on any atom is -0.392 e. The number of rotatable bonds is 4. The Labute approximate surface area is 214 Å². The summed E-state index contributed by atoms with van der Waals surface area (Å²) in [5.74, 6) is 0.0976. The number of aliphatic hydroxyl groups is 1. The summed E-state index contributed by atoms with van der Waals surface area (Å²) in [4.78, 5) is 36.1. The molecule has 1 aromatic heterocycles. The van der Waals surface area contributed by atoms with Crippen molar-refractivity contribution in [3.05, 3.63) is 10.6 Å². The second-order valence-corrected chi connectivity index (χ2v) is 14.0. The van der Waals surface area contributed by atoms with E-state index in [9.17, 15) is 14.7 Å². The molecule has 2 amide bonds. The SMILES string of the molecule is C[C@H](C(=O)N1CCN(C)CC1)[C@H]1CC[C@]2(C)Cc3sc(NC(=O)CC(C)(C)C)nc3[C@H](C)[C@@H]2[C@H]1O. The molecular formula is C27H44N4O3S. The minimum atomic E-state index is -0.538. The lowest BCUT2D eigenvalue weighted by Crippen LogP contribution is -2.55. The Morgan fingerprint density at radius 3 is 2.54 bits per heavy atom. The molecule has 4 rings (SSSR count). The van der Waals surface area contributed by atoms with Gasteiger partial charge in [-0.25, -0.2) is 4.98 Å². The summed E-state index contributed by atoms with van der Waals surface area (Å²) in [5, 5.41) is 15.4. The minimum absolute atomic E-state index is 0.00350. The fourth-order valence-corrected chi connectivity index (χ4v) is 8.02. The van der Waals surface area contributed by atoms with Crippen molar-refractivity contribution in [3.63, 3.8) is 0 Å². The fraction of sp³-hybridized carbons (Fsp3) is 0.815. The highest BCUT2D eigenvalue weighted by atomic mass is 32.1. The highest BCUT2D eigenvalue weighted by Gasteiger charge is 2.54. The van der Waals surface area contributed by atoms with Crippen LogP contribution in [0.5, 0.6) is 0 Å². The normalized spacial score (nSPS) is 32.5. The smallest absolute Gasteiger partial charge is 0.226 e. The van der Waals surface area contributed by atoms with Crippen LogP contribution in [0.25, 0.3) is 0 Å². The summed E-state index contributed by atoms with van der Waals surface area (Å²) in [5.41, 5.74) is 0.910. The van der Waals surface area contributed by atoms with E-state index in [0.717, 1.165) is 51.1 Å². The Bertz CT molecular complexity index is 949. The van der Waals surface area contributed by atoms with Gasteiger partial charge in [-0.2, -0.15) is 0 Å². The molecule has 0 spiro atoms. The maximum atomic E-state index is 13.3. The summed E-state index contributed by atoms with van der Waals surface area (Å²) in [6.07, 6.45) is 2.64. The van der Waals surface area contributed by atoms with Gasteiger partial charge in [0.05, 0.1) is 11.8 Å². The van der Waals surface area contributed by atoms with Gasteiger partial charge in [0, 0.05) is 49.3 Å². The number of nitrogens with one attached hydrogen (secondary N) is 1. The lowest BCUT2D eigenvalue weighted by Gasteiger charge is -2.53. The summed E-state index contributed by atoms with van der Waals surface area (Å²) in [6.45, 7) is 16.0. The Hall–Kier alpha value is -1.51. The predicted octanol–water partition coefficient (Wildman–Crippen LogP) is 3.98. The number of hydrogen-bond acceptors (Lipinski definition) is 6. The lowest BCUT2D eigenvalue weighted by atomic mass is 9.53. The molecule has 2 N–H and O–H groups in total. The molecule has 196 valence electrons. The number of nitrogens with zero attached hydrogens (tertiary/aromatic N) is 3. The molecule has 1 aliphatic heterocycles. The van der Waals surface area contributed by atoms with Gasteiger partial charge in [-0.05, 0) is 49.0 Å². The molecule has 8 heteroatoms. The van der Waals surface area contributed by atoms with Crippen molar-refractivity contribution < 1.29 is 14.7 Å². The Morgan fingerprint density at radius 1 is 1.26 bits per heavy atom. The van der Waals surface area contributed by atoms with E-state index in [1.807, 2.05) is 11.8 Å². The first-order chi connectivity index (χ1) is 16.3. The third-order valence-electron chi connectivity index (χ3n) is 8.71. The number of carbonyl (C=O) groups is 2. The molecule has 1 saturated heterocycles. The molecule has 3 aliphatic rings. The van der Waals surface area contributed by atoms with Gasteiger partial charge in [0.2, 0.25) is 11.8 Å². The van der Waals surface area contributed by atoms with E-state index >= 15 is 0 Å². The molecular weight excluding hydrogens is 460 g/mol. The van der Waals surface area contributed by atoms with Crippen molar-refractivity contribution in [1.29, 1.82) is 0 Å². The second-order valence-electron chi connectivity index (χ2n) is 12.9. The van der Waals surface area contributed by atoms with Gasteiger partial charge in [0.1, 0.15) is 0 Å².